The molecule has 1 rings (SSSR count). The number of rotatable bonds is 3. The van der Waals surface area contributed by atoms with Gasteiger partial charge < -0.3 is 10.6 Å². The summed E-state index contributed by atoms with van der Waals surface area (Å²) >= 11 is 0. The largest absolute Gasteiger partial charge is 0.330 e. The molecular formula is C10H20N2O. The highest BCUT2D eigenvalue weighted by molar-refractivity contribution is 5.83. The van der Waals surface area contributed by atoms with Crippen LogP contribution in [0.5, 0.6) is 0 Å². The standard InChI is InChI=1S/C10H20N2O/c1-8(7-11)10(13)9-3-5-12(2)6-4-9/h8-9H,3-7,11H2,1-2H3. The quantitative estimate of drug-likeness (QED) is 0.694. The number of carbonyl (C=O) groups excluding carboxylic acids is 1. The van der Waals surface area contributed by atoms with Gasteiger partial charge in [0.1, 0.15) is 5.78 Å². The van der Waals surface area contributed by atoms with Crippen LogP contribution in [0.15, 0.2) is 0 Å². The minimum Gasteiger partial charge on any atom is -0.330 e. The summed E-state index contributed by atoms with van der Waals surface area (Å²) in [6.45, 7) is 4.52. The number of nitrogens with two attached hydrogens (primary N) is 1. The Morgan fingerprint density at radius 3 is 2.54 bits per heavy atom. The van der Waals surface area contributed by atoms with Crippen molar-refractivity contribution in [2.75, 3.05) is 26.7 Å². The van der Waals surface area contributed by atoms with Crippen molar-refractivity contribution in [1.29, 1.82) is 0 Å². The molecule has 3 heteroatoms. The van der Waals surface area contributed by atoms with Crippen molar-refractivity contribution in [1.82, 2.24) is 4.90 Å². The number of hydrogen-bond acceptors (Lipinski definition) is 3. The van der Waals surface area contributed by atoms with E-state index in [1.165, 1.54) is 0 Å². The zero-order valence-electron chi connectivity index (χ0n) is 8.62. The fourth-order valence-corrected chi connectivity index (χ4v) is 1.81. The topological polar surface area (TPSA) is 46.3 Å². The second-order valence-corrected chi connectivity index (χ2v) is 4.12. The molecule has 0 aromatic rings. The van der Waals surface area contributed by atoms with Gasteiger partial charge in [0.25, 0.3) is 0 Å². The molecule has 0 bridgehead atoms. The number of hydrogen-bond donors (Lipinski definition) is 1. The summed E-state index contributed by atoms with van der Waals surface area (Å²) in [5, 5.41) is 0. The predicted molar refractivity (Wildman–Crippen MR) is 53.4 cm³/mol. The van der Waals surface area contributed by atoms with Crippen LogP contribution < -0.4 is 5.73 Å². The summed E-state index contributed by atoms with van der Waals surface area (Å²) in [4.78, 5) is 14.0. The molecule has 76 valence electrons. The zero-order chi connectivity index (χ0) is 9.84. The normalized spacial score (nSPS) is 23.0. The van der Waals surface area contributed by atoms with Gasteiger partial charge in [0.05, 0.1) is 0 Å². The van der Waals surface area contributed by atoms with E-state index in [1.807, 2.05) is 6.92 Å². The van der Waals surface area contributed by atoms with Crippen molar-refractivity contribution in [3.8, 4) is 0 Å². The summed E-state index contributed by atoms with van der Waals surface area (Å²) in [6, 6.07) is 0. The maximum atomic E-state index is 11.7. The Morgan fingerprint density at radius 1 is 1.54 bits per heavy atom. The van der Waals surface area contributed by atoms with Crippen LogP contribution in [0.1, 0.15) is 19.8 Å². The van der Waals surface area contributed by atoms with Crippen LogP contribution in [0.2, 0.25) is 0 Å². The van der Waals surface area contributed by atoms with Crippen LogP contribution in [0.4, 0.5) is 0 Å². The molecule has 1 aliphatic heterocycles. The second-order valence-electron chi connectivity index (χ2n) is 4.12. The minimum absolute atomic E-state index is 0.0495. The molecule has 0 radical (unpaired) electrons. The van der Waals surface area contributed by atoms with Crippen molar-refractivity contribution < 1.29 is 4.79 Å². The van der Waals surface area contributed by atoms with Crippen molar-refractivity contribution in [2.24, 2.45) is 17.6 Å². The molecule has 0 aliphatic carbocycles. The second kappa shape index (κ2) is 4.72. The van der Waals surface area contributed by atoms with Gasteiger partial charge in [-0.05, 0) is 33.0 Å². The van der Waals surface area contributed by atoms with Crippen LogP contribution in [0.25, 0.3) is 0 Å². The summed E-state index contributed by atoms with van der Waals surface area (Å²) in [5.41, 5.74) is 5.48. The molecule has 0 spiro atoms. The molecule has 1 atom stereocenters. The van der Waals surface area contributed by atoms with Gasteiger partial charge >= 0.3 is 0 Å². The molecule has 3 nitrogen and oxygen atoms in total. The van der Waals surface area contributed by atoms with Gasteiger partial charge in [-0.25, -0.2) is 0 Å². The third kappa shape index (κ3) is 2.78. The number of carbonyl (C=O) groups is 1. The molecule has 0 aromatic heterocycles. The molecule has 1 unspecified atom stereocenters. The summed E-state index contributed by atoms with van der Waals surface area (Å²) in [7, 11) is 2.10. The van der Waals surface area contributed by atoms with E-state index in [1.54, 1.807) is 0 Å². The number of nitrogens with zero attached hydrogens (tertiary/aromatic N) is 1. The van der Waals surface area contributed by atoms with Crippen LogP contribution in [0.3, 0.4) is 0 Å². The Bertz CT molecular complexity index is 174. The van der Waals surface area contributed by atoms with Crippen LogP contribution in [-0.4, -0.2) is 37.4 Å². The van der Waals surface area contributed by atoms with E-state index >= 15 is 0 Å². The van der Waals surface area contributed by atoms with Gasteiger partial charge in [0, 0.05) is 18.4 Å². The highest BCUT2D eigenvalue weighted by atomic mass is 16.1. The van der Waals surface area contributed by atoms with Crippen molar-refractivity contribution in [3.63, 3.8) is 0 Å². The lowest BCUT2D eigenvalue weighted by molar-refractivity contribution is -0.127. The third-order valence-corrected chi connectivity index (χ3v) is 2.96. The molecular weight excluding hydrogens is 164 g/mol. The molecule has 1 heterocycles. The fraction of sp³-hybridized carbons (Fsp3) is 0.900. The Labute approximate surface area is 80.3 Å². The van der Waals surface area contributed by atoms with Gasteiger partial charge in [-0.2, -0.15) is 0 Å². The van der Waals surface area contributed by atoms with E-state index in [-0.39, 0.29) is 11.8 Å². The monoisotopic (exact) mass is 184 g/mol. The van der Waals surface area contributed by atoms with Crippen molar-refractivity contribution in [2.45, 2.75) is 19.8 Å². The lowest BCUT2D eigenvalue weighted by atomic mass is 9.87. The molecule has 2 N–H and O–H groups in total. The van der Waals surface area contributed by atoms with Crippen molar-refractivity contribution in [3.05, 3.63) is 0 Å². The first-order valence-electron chi connectivity index (χ1n) is 5.07. The lowest BCUT2D eigenvalue weighted by Crippen LogP contribution is -2.36. The van der Waals surface area contributed by atoms with Gasteiger partial charge in [-0.3, -0.25) is 4.79 Å². The lowest BCUT2D eigenvalue weighted by Gasteiger charge is -2.29. The van der Waals surface area contributed by atoms with Crippen molar-refractivity contribution >= 4 is 5.78 Å². The Balaban J connectivity index is 2.40. The number of likely N-dealkylation sites (tertiary alicyclic amines) is 1. The molecule has 13 heavy (non-hydrogen) atoms. The van der Waals surface area contributed by atoms with E-state index in [2.05, 4.69) is 11.9 Å². The highest BCUT2D eigenvalue weighted by Gasteiger charge is 2.25. The fourth-order valence-electron chi connectivity index (χ4n) is 1.81. The Hall–Kier alpha value is -0.410. The first-order valence-corrected chi connectivity index (χ1v) is 5.07. The summed E-state index contributed by atoms with van der Waals surface area (Å²) < 4.78 is 0. The maximum Gasteiger partial charge on any atom is 0.140 e. The molecule has 1 aliphatic rings. The number of Topliss-reactive ketones (excluding diaryl/α,β-unsaturated/α-hetero) is 1. The Morgan fingerprint density at radius 2 is 2.08 bits per heavy atom. The number of piperidine rings is 1. The smallest absolute Gasteiger partial charge is 0.140 e. The van der Waals surface area contributed by atoms with E-state index in [4.69, 9.17) is 5.73 Å². The van der Waals surface area contributed by atoms with E-state index in [0.717, 1.165) is 25.9 Å². The van der Waals surface area contributed by atoms with E-state index in [0.29, 0.717) is 12.3 Å². The predicted octanol–water partition coefficient (Wildman–Crippen LogP) is 0.492. The molecule has 0 aromatic carbocycles. The molecule has 0 saturated carbocycles. The van der Waals surface area contributed by atoms with Gasteiger partial charge in [0.15, 0.2) is 0 Å². The van der Waals surface area contributed by atoms with Crippen LogP contribution in [-0.2, 0) is 4.79 Å². The van der Waals surface area contributed by atoms with Gasteiger partial charge in [-0.15, -0.1) is 0 Å². The summed E-state index contributed by atoms with van der Waals surface area (Å²) in [5.74, 6) is 0.693. The SMILES string of the molecule is CC(CN)C(=O)C1CCN(C)CC1. The number of ketones is 1. The molecule has 1 saturated heterocycles. The maximum absolute atomic E-state index is 11.7. The Kier molecular flexibility index (Phi) is 3.88. The van der Waals surface area contributed by atoms with Crippen LogP contribution >= 0.6 is 0 Å². The average Bonchev–Trinajstić information content (AvgIpc) is 2.17. The molecule has 0 amide bonds. The first-order chi connectivity index (χ1) is 6.15. The highest BCUT2D eigenvalue weighted by Crippen LogP contribution is 2.19. The molecule has 1 fully saturated rings. The first kappa shape index (κ1) is 10.7. The minimum atomic E-state index is 0.0495. The van der Waals surface area contributed by atoms with Gasteiger partial charge in [-0.1, -0.05) is 6.92 Å². The summed E-state index contributed by atoms with van der Waals surface area (Å²) in [6.07, 6.45) is 2.03. The van der Waals surface area contributed by atoms with E-state index < -0.39 is 0 Å². The zero-order valence-corrected chi connectivity index (χ0v) is 8.62. The average molecular weight is 184 g/mol. The van der Waals surface area contributed by atoms with E-state index in [9.17, 15) is 4.79 Å². The third-order valence-electron chi connectivity index (χ3n) is 2.96. The van der Waals surface area contributed by atoms with Crippen LogP contribution in [0, 0.1) is 11.8 Å². The van der Waals surface area contributed by atoms with Gasteiger partial charge in [0.2, 0.25) is 0 Å².